The Balaban J connectivity index is 3.10. The minimum atomic E-state index is -1.63. The number of nitrogens with zero attached hydrogens (tertiary/aromatic N) is 1. The van der Waals surface area contributed by atoms with Gasteiger partial charge in [0.05, 0.1) is 12.1 Å². The molecule has 1 aromatic rings. The van der Waals surface area contributed by atoms with E-state index in [1.165, 1.54) is 13.1 Å². The highest BCUT2D eigenvalue weighted by Gasteiger charge is 2.38. The molecule has 17 heavy (non-hydrogen) atoms. The molecule has 1 rings (SSSR count). The van der Waals surface area contributed by atoms with E-state index in [4.69, 9.17) is 5.11 Å². The molecule has 0 saturated heterocycles. The summed E-state index contributed by atoms with van der Waals surface area (Å²) in [5.41, 5.74) is -1.45. The van der Waals surface area contributed by atoms with Crippen LogP contribution in [0, 0.1) is 11.7 Å². The number of pyridine rings is 1. The number of hydrogen-bond donors (Lipinski definition) is 2. The molecule has 94 valence electrons. The Hall–Kier alpha value is -1.49. The van der Waals surface area contributed by atoms with E-state index >= 15 is 0 Å². The number of aromatic nitrogens is 1. The number of halogens is 1. The molecule has 0 radical (unpaired) electrons. The van der Waals surface area contributed by atoms with Crippen LogP contribution in [-0.2, 0) is 10.4 Å². The summed E-state index contributed by atoms with van der Waals surface area (Å²) in [7, 11) is 0. The van der Waals surface area contributed by atoms with Gasteiger partial charge in [-0.2, -0.15) is 0 Å². The lowest BCUT2D eigenvalue weighted by Gasteiger charge is -2.30. The lowest BCUT2D eigenvalue weighted by Crippen LogP contribution is -2.37. The van der Waals surface area contributed by atoms with Crippen molar-refractivity contribution in [2.24, 2.45) is 5.92 Å². The Bertz CT molecular complexity index is 406. The quantitative estimate of drug-likeness (QED) is 0.826. The van der Waals surface area contributed by atoms with E-state index < -0.39 is 23.3 Å². The molecule has 4 nitrogen and oxygen atoms in total. The van der Waals surface area contributed by atoms with Gasteiger partial charge in [-0.1, -0.05) is 13.3 Å². The summed E-state index contributed by atoms with van der Waals surface area (Å²) in [4.78, 5) is 14.7. The van der Waals surface area contributed by atoms with Crippen molar-refractivity contribution in [3.8, 4) is 0 Å². The van der Waals surface area contributed by atoms with Crippen LogP contribution < -0.4 is 0 Å². The minimum absolute atomic E-state index is 0.179. The van der Waals surface area contributed by atoms with Gasteiger partial charge in [-0.15, -0.1) is 0 Å². The van der Waals surface area contributed by atoms with Gasteiger partial charge in [-0.05, 0) is 19.4 Å². The summed E-state index contributed by atoms with van der Waals surface area (Å²) >= 11 is 0. The van der Waals surface area contributed by atoms with Crippen molar-refractivity contribution in [3.63, 3.8) is 0 Å². The molecule has 2 N–H and O–H groups in total. The van der Waals surface area contributed by atoms with Gasteiger partial charge < -0.3 is 10.2 Å². The van der Waals surface area contributed by atoms with Crippen LogP contribution >= 0.6 is 0 Å². The molecule has 1 heterocycles. The number of hydrogen-bond acceptors (Lipinski definition) is 3. The number of rotatable bonds is 5. The number of aliphatic carboxylic acids is 1. The molecule has 0 aliphatic heterocycles. The summed E-state index contributed by atoms with van der Waals surface area (Å²) in [5.74, 6) is -2.67. The summed E-state index contributed by atoms with van der Waals surface area (Å²) in [5, 5.41) is 19.4. The van der Waals surface area contributed by atoms with Crippen molar-refractivity contribution in [2.45, 2.75) is 32.3 Å². The average Bonchev–Trinajstić information content (AvgIpc) is 2.25. The fourth-order valence-electron chi connectivity index (χ4n) is 1.82. The first-order chi connectivity index (χ1) is 7.89. The molecule has 0 aliphatic rings. The Labute approximate surface area is 99.1 Å². The molecule has 0 aromatic carbocycles. The average molecular weight is 241 g/mol. The number of carboxylic acids is 1. The highest BCUT2D eigenvalue weighted by Crippen LogP contribution is 2.32. The number of carbonyl (C=O) groups is 1. The van der Waals surface area contributed by atoms with Crippen LogP contribution in [0.1, 0.15) is 32.3 Å². The number of aliphatic hydroxyl groups is 1. The highest BCUT2D eigenvalue weighted by atomic mass is 19.1. The van der Waals surface area contributed by atoms with E-state index in [0.717, 1.165) is 12.3 Å². The molecule has 0 amide bonds. The first-order valence-electron chi connectivity index (χ1n) is 5.45. The van der Waals surface area contributed by atoms with E-state index in [0.29, 0.717) is 12.8 Å². The zero-order valence-electron chi connectivity index (χ0n) is 9.85. The van der Waals surface area contributed by atoms with Crippen LogP contribution in [0.4, 0.5) is 4.39 Å². The Morgan fingerprint density at radius 3 is 2.71 bits per heavy atom. The molecule has 0 bridgehead atoms. The SMILES string of the molecule is CCCC(C(=O)O)C(C)(O)c1cncc(F)c1. The third kappa shape index (κ3) is 3.00. The topological polar surface area (TPSA) is 70.4 Å². The second-order valence-electron chi connectivity index (χ2n) is 4.22. The molecule has 5 heteroatoms. The van der Waals surface area contributed by atoms with Gasteiger partial charge in [-0.25, -0.2) is 4.39 Å². The molecule has 0 fully saturated rings. The Kier molecular flexibility index (Phi) is 4.17. The van der Waals surface area contributed by atoms with Crippen LogP contribution in [-0.4, -0.2) is 21.2 Å². The fourth-order valence-corrected chi connectivity index (χ4v) is 1.82. The molecule has 2 unspecified atom stereocenters. The van der Waals surface area contributed by atoms with Crippen LogP contribution in [0.5, 0.6) is 0 Å². The zero-order valence-corrected chi connectivity index (χ0v) is 9.85. The van der Waals surface area contributed by atoms with Crippen molar-refractivity contribution in [1.82, 2.24) is 4.98 Å². The van der Waals surface area contributed by atoms with Crippen molar-refractivity contribution in [2.75, 3.05) is 0 Å². The predicted molar refractivity (Wildman–Crippen MR) is 59.8 cm³/mol. The first kappa shape index (κ1) is 13.6. The van der Waals surface area contributed by atoms with E-state index in [-0.39, 0.29) is 5.56 Å². The predicted octanol–water partition coefficient (Wildman–Crippen LogP) is 1.93. The molecule has 0 spiro atoms. The minimum Gasteiger partial charge on any atom is -0.481 e. The molecule has 0 aliphatic carbocycles. The van der Waals surface area contributed by atoms with E-state index in [1.807, 2.05) is 6.92 Å². The van der Waals surface area contributed by atoms with Gasteiger partial charge in [-0.3, -0.25) is 9.78 Å². The summed E-state index contributed by atoms with van der Waals surface area (Å²) in [6.07, 6.45) is 3.23. The van der Waals surface area contributed by atoms with Crippen LogP contribution in [0.25, 0.3) is 0 Å². The molecule has 0 saturated carbocycles. The third-order valence-electron chi connectivity index (χ3n) is 2.84. The van der Waals surface area contributed by atoms with Gasteiger partial charge in [0.2, 0.25) is 0 Å². The van der Waals surface area contributed by atoms with Gasteiger partial charge in [0.1, 0.15) is 11.4 Å². The van der Waals surface area contributed by atoms with E-state index in [9.17, 15) is 14.3 Å². The molecule has 2 atom stereocenters. The Morgan fingerprint density at radius 1 is 1.59 bits per heavy atom. The maximum atomic E-state index is 13.0. The summed E-state index contributed by atoms with van der Waals surface area (Å²) < 4.78 is 13.0. The van der Waals surface area contributed by atoms with Crippen LogP contribution in [0.3, 0.4) is 0 Å². The zero-order chi connectivity index (χ0) is 13.1. The molecular weight excluding hydrogens is 225 g/mol. The lowest BCUT2D eigenvalue weighted by atomic mass is 9.81. The van der Waals surface area contributed by atoms with Gasteiger partial charge in [0, 0.05) is 11.8 Å². The second-order valence-corrected chi connectivity index (χ2v) is 4.22. The standard InChI is InChI=1S/C12H16FNO3/c1-3-4-10(11(15)16)12(2,17)8-5-9(13)7-14-6-8/h5-7,10,17H,3-4H2,1-2H3,(H,15,16). The molecular formula is C12H16FNO3. The van der Waals surface area contributed by atoms with Crippen molar-refractivity contribution in [3.05, 3.63) is 29.8 Å². The lowest BCUT2D eigenvalue weighted by molar-refractivity contribution is -0.152. The van der Waals surface area contributed by atoms with Crippen molar-refractivity contribution < 1.29 is 19.4 Å². The maximum Gasteiger partial charge on any atom is 0.309 e. The normalized spacial score (nSPS) is 16.2. The van der Waals surface area contributed by atoms with E-state index in [1.54, 1.807) is 0 Å². The summed E-state index contributed by atoms with van der Waals surface area (Å²) in [6.45, 7) is 3.20. The molecule has 1 aromatic heterocycles. The largest absolute Gasteiger partial charge is 0.481 e. The third-order valence-corrected chi connectivity index (χ3v) is 2.84. The van der Waals surface area contributed by atoms with E-state index in [2.05, 4.69) is 4.98 Å². The maximum absolute atomic E-state index is 13.0. The van der Waals surface area contributed by atoms with Crippen molar-refractivity contribution >= 4 is 5.97 Å². The Morgan fingerprint density at radius 2 is 2.24 bits per heavy atom. The van der Waals surface area contributed by atoms with Crippen LogP contribution in [0.15, 0.2) is 18.5 Å². The smallest absolute Gasteiger partial charge is 0.309 e. The monoisotopic (exact) mass is 241 g/mol. The second kappa shape index (κ2) is 5.23. The van der Waals surface area contributed by atoms with Gasteiger partial charge in [0.25, 0.3) is 0 Å². The van der Waals surface area contributed by atoms with Crippen molar-refractivity contribution in [1.29, 1.82) is 0 Å². The van der Waals surface area contributed by atoms with Gasteiger partial charge in [0.15, 0.2) is 0 Å². The first-order valence-corrected chi connectivity index (χ1v) is 5.45. The number of carboxylic acid groups (broad SMARTS) is 1. The fraction of sp³-hybridized carbons (Fsp3) is 0.500. The van der Waals surface area contributed by atoms with Gasteiger partial charge >= 0.3 is 5.97 Å². The highest BCUT2D eigenvalue weighted by molar-refractivity contribution is 5.71. The summed E-state index contributed by atoms with van der Waals surface area (Å²) in [6, 6.07) is 1.11. The van der Waals surface area contributed by atoms with Crippen LogP contribution in [0.2, 0.25) is 0 Å².